The highest BCUT2D eigenvalue weighted by Crippen LogP contribution is 2.23. The summed E-state index contributed by atoms with van der Waals surface area (Å²) in [6.07, 6.45) is 6.14. The SMILES string of the molecule is CCC(C)CCCOC(C)CCc1c(F)cnc2ccc(OC)nc12. The second-order valence-electron chi connectivity index (χ2n) is 6.68. The number of ether oxygens (including phenoxy) is 2. The second kappa shape index (κ2) is 9.66. The summed E-state index contributed by atoms with van der Waals surface area (Å²) < 4.78 is 25.3. The van der Waals surface area contributed by atoms with Crippen LogP contribution in [0.5, 0.6) is 5.88 Å². The van der Waals surface area contributed by atoms with Crippen LogP contribution in [0.2, 0.25) is 0 Å². The number of pyridine rings is 2. The van der Waals surface area contributed by atoms with E-state index in [4.69, 9.17) is 9.47 Å². The number of rotatable bonds is 10. The smallest absolute Gasteiger partial charge is 0.213 e. The lowest BCUT2D eigenvalue weighted by Gasteiger charge is -2.15. The van der Waals surface area contributed by atoms with E-state index in [0.29, 0.717) is 28.9 Å². The molecule has 2 unspecified atom stereocenters. The van der Waals surface area contributed by atoms with E-state index in [1.807, 2.05) is 6.92 Å². The summed E-state index contributed by atoms with van der Waals surface area (Å²) in [4.78, 5) is 8.48. The van der Waals surface area contributed by atoms with Crippen molar-refractivity contribution in [1.29, 1.82) is 0 Å². The molecule has 0 aliphatic rings. The van der Waals surface area contributed by atoms with Gasteiger partial charge in [0.2, 0.25) is 5.88 Å². The van der Waals surface area contributed by atoms with E-state index in [9.17, 15) is 4.39 Å². The van der Waals surface area contributed by atoms with Crippen LogP contribution < -0.4 is 4.74 Å². The Hall–Kier alpha value is -1.75. The Labute approximate surface area is 149 Å². The topological polar surface area (TPSA) is 44.2 Å². The van der Waals surface area contributed by atoms with Crippen LogP contribution in [0.3, 0.4) is 0 Å². The molecular formula is C20H29FN2O2. The van der Waals surface area contributed by atoms with Crippen molar-refractivity contribution >= 4 is 11.0 Å². The molecule has 0 amide bonds. The quantitative estimate of drug-likeness (QED) is 0.570. The van der Waals surface area contributed by atoms with E-state index in [1.165, 1.54) is 19.0 Å². The Morgan fingerprint density at radius 3 is 2.72 bits per heavy atom. The molecule has 0 fully saturated rings. The number of hydrogen-bond acceptors (Lipinski definition) is 4. The maximum Gasteiger partial charge on any atom is 0.213 e. The van der Waals surface area contributed by atoms with Crippen molar-refractivity contribution < 1.29 is 13.9 Å². The lowest BCUT2D eigenvalue weighted by atomic mass is 10.0. The lowest BCUT2D eigenvalue weighted by molar-refractivity contribution is 0.0561. The Morgan fingerprint density at radius 2 is 2.00 bits per heavy atom. The zero-order chi connectivity index (χ0) is 18.2. The van der Waals surface area contributed by atoms with Crippen LogP contribution >= 0.6 is 0 Å². The highest BCUT2D eigenvalue weighted by atomic mass is 19.1. The highest BCUT2D eigenvalue weighted by molar-refractivity contribution is 5.78. The predicted molar refractivity (Wildman–Crippen MR) is 98.5 cm³/mol. The Kier molecular flexibility index (Phi) is 7.56. The van der Waals surface area contributed by atoms with E-state index in [1.54, 1.807) is 19.2 Å². The van der Waals surface area contributed by atoms with Gasteiger partial charge in [0.15, 0.2) is 0 Å². The maximum absolute atomic E-state index is 14.3. The number of aryl methyl sites for hydroxylation is 1. The Bertz CT molecular complexity index is 678. The van der Waals surface area contributed by atoms with Crippen molar-refractivity contribution in [3.8, 4) is 5.88 Å². The molecule has 0 saturated carbocycles. The summed E-state index contributed by atoms with van der Waals surface area (Å²) >= 11 is 0. The van der Waals surface area contributed by atoms with Crippen molar-refractivity contribution in [2.75, 3.05) is 13.7 Å². The van der Waals surface area contributed by atoms with E-state index in [0.717, 1.165) is 25.4 Å². The van der Waals surface area contributed by atoms with Gasteiger partial charge in [-0.1, -0.05) is 20.3 Å². The number of nitrogens with zero attached hydrogens (tertiary/aromatic N) is 2. The number of hydrogen-bond donors (Lipinski definition) is 0. The summed E-state index contributed by atoms with van der Waals surface area (Å²) in [5.41, 5.74) is 1.83. The van der Waals surface area contributed by atoms with Gasteiger partial charge in [0, 0.05) is 18.2 Å². The number of fused-ring (bicyclic) bond motifs is 1. The average molecular weight is 348 g/mol. The Morgan fingerprint density at radius 1 is 1.20 bits per heavy atom. The summed E-state index contributed by atoms with van der Waals surface area (Å²) in [5, 5.41) is 0. The highest BCUT2D eigenvalue weighted by Gasteiger charge is 2.13. The van der Waals surface area contributed by atoms with Gasteiger partial charge >= 0.3 is 0 Å². The minimum Gasteiger partial charge on any atom is -0.481 e. The molecule has 0 spiro atoms. The summed E-state index contributed by atoms with van der Waals surface area (Å²) in [7, 11) is 1.55. The van der Waals surface area contributed by atoms with Crippen LogP contribution in [0, 0.1) is 11.7 Å². The third-order valence-corrected chi connectivity index (χ3v) is 4.69. The summed E-state index contributed by atoms with van der Waals surface area (Å²) in [6, 6.07) is 3.54. The molecule has 4 nitrogen and oxygen atoms in total. The zero-order valence-electron chi connectivity index (χ0n) is 15.7. The van der Waals surface area contributed by atoms with E-state index < -0.39 is 0 Å². The molecule has 2 heterocycles. The van der Waals surface area contributed by atoms with Crippen LogP contribution in [0.1, 0.15) is 52.0 Å². The van der Waals surface area contributed by atoms with Gasteiger partial charge in [-0.05, 0) is 44.6 Å². The van der Waals surface area contributed by atoms with Gasteiger partial charge < -0.3 is 9.47 Å². The van der Waals surface area contributed by atoms with Crippen LogP contribution in [-0.2, 0) is 11.2 Å². The van der Waals surface area contributed by atoms with E-state index >= 15 is 0 Å². The standard InChI is InChI=1S/C20H29FN2O2/c1-5-14(2)7-6-12-25-15(3)8-9-16-17(21)13-22-18-10-11-19(24-4)23-20(16)18/h10-11,13-15H,5-9,12H2,1-4H3. The minimum atomic E-state index is -0.322. The molecule has 0 aliphatic heterocycles. The van der Waals surface area contributed by atoms with Crippen molar-refractivity contribution in [2.24, 2.45) is 5.92 Å². The normalized spacial score (nSPS) is 13.8. The summed E-state index contributed by atoms with van der Waals surface area (Å²) in [6.45, 7) is 7.28. The summed E-state index contributed by atoms with van der Waals surface area (Å²) in [5.74, 6) is 0.893. The average Bonchev–Trinajstić information content (AvgIpc) is 2.63. The maximum atomic E-state index is 14.3. The van der Waals surface area contributed by atoms with Crippen molar-refractivity contribution in [2.45, 2.75) is 59.0 Å². The fourth-order valence-electron chi connectivity index (χ4n) is 2.78. The van der Waals surface area contributed by atoms with Crippen LogP contribution in [-0.4, -0.2) is 29.8 Å². The van der Waals surface area contributed by atoms with Crippen molar-refractivity contribution in [3.63, 3.8) is 0 Å². The molecule has 2 atom stereocenters. The third kappa shape index (κ3) is 5.63. The predicted octanol–water partition coefficient (Wildman–Crippen LogP) is 4.94. The van der Waals surface area contributed by atoms with Gasteiger partial charge in [-0.2, -0.15) is 0 Å². The molecule has 2 aromatic rings. The fraction of sp³-hybridized carbons (Fsp3) is 0.600. The number of halogens is 1. The zero-order valence-corrected chi connectivity index (χ0v) is 15.7. The van der Waals surface area contributed by atoms with Gasteiger partial charge in [-0.25, -0.2) is 9.37 Å². The molecule has 0 aromatic carbocycles. The molecule has 25 heavy (non-hydrogen) atoms. The minimum absolute atomic E-state index is 0.0881. The molecule has 138 valence electrons. The molecule has 0 aliphatic carbocycles. The van der Waals surface area contributed by atoms with Crippen molar-refractivity contribution in [3.05, 3.63) is 29.7 Å². The monoisotopic (exact) mass is 348 g/mol. The molecular weight excluding hydrogens is 319 g/mol. The first kappa shape index (κ1) is 19.6. The van der Waals surface area contributed by atoms with Crippen LogP contribution in [0.4, 0.5) is 4.39 Å². The molecule has 0 radical (unpaired) electrons. The Balaban J connectivity index is 1.94. The van der Waals surface area contributed by atoms with Crippen LogP contribution in [0.25, 0.3) is 11.0 Å². The van der Waals surface area contributed by atoms with E-state index in [-0.39, 0.29) is 11.9 Å². The molecule has 0 saturated heterocycles. The molecule has 0 N–H and O–H groups in total. The molecule has 2 rings (SSSR count). The largest absolute Gasteiger partial charge is 0.481 e. The van der Waals surface area contributed by atoms with Gasteiger partial charge in [0.05, 0.1) is 30.4 Å². The first-order chi connectivity index (χ1) is 12.0. The van der Waals surface area contributed by atoms with E-state index in [2.05, 4.69) is 23.8 Å². The lowest BCUT2D eigenvalue weighted by Crippen LogP contribution is -2.12. The second-order valence-corrected chi connectivity index (χ2v) is 6.68. The first-order valence-corrected chi connectivity index (χ1v) is 9.14. The number of aromatic nitrogens is 2. The van der Waals surface area contributed by atoms with Crippen LogP contribution in [0.15, 0.2) is 18.3 Å². The van der Waals surface area contributed by atoms with Gasteiger partial charge in [0.25, 0.3) is 0 Å². The first-order valence-electron chi connectivity index (χ1n) is 9.14. The number of methoxy groups -OCH3 is 1. The third-order valence-electron chi connectivity index (χ3n) is 4.69. The molecule has 2 aromatic heterocycles. The van der Waals surface area contributed by atoms with Gasteiger partial charge in [-0.15, -0.1) is 0 Å². The van der Waals surface area contributed by atoms with Gasteiger partial charge in [0.1, 0.15) is 5.82 Å². The molecule has 5 heteroatoms. The molecule has 0 bridgehead atoms. The fourth-order valence-corrected chi connectivity index (χ4v) is 2.78. The van der Waals surface area contributed by atoms with Crippen molar-refractivity contribution in [1.82, 2.24) is 9.97 Å². The van der Waals surface area contributed by atoms with Gasteiger partial charge in [-0.3, -0.25) is 4.98 Å².